The predicted molar refractivity (Wildman–Crippen MR) is 167 cm³/mol. The van der Waals surface area contributed by atoms with Crippen molar-refractivity contribution in [2.24, 2.45) is 5.41 Å². The highest BCUT2D eigenvalue weighted by atomic mass is 16.5. The molecule has 0 saturated heterocycles. The average Bonchev–Trinajstić information content (AvgIpc) is 2.87. The van der Waals surface area contributed by atoms with Gasteiger partial charge in [-0.1, -0.05) is 69.9 Å². The van der Waals surface area contributed by atoms with Gasteiger partial charge in [0.25, 0.3) is 0 Å². The van der Waals surface area contributed by atoms with Gasteiger partial charge in [-0.25, -0.2) is 0 Å². The van der Waals surface area contributed by atoms with E-state index in [-0.39, 0.29) is 12.8 Å². The van der Waals surface area contributed by atoms with E-state index >= 15 is 0 Å². The van der Waals surface area contributed by atoms with Gasteiger partial charge < -0.3 is 9.47 Å². The van der Waals surface area contributed by atoms with E-state index in [0.717, 1.165) is 62.5 Å². The van der Waals surface area contributed by atoms with Gasteiger partial charge in [0.2, 0.25) is 0 Å². The van der Waals surface area contributed by atoms with Crippen LogP contribution in [0.2, 0.25) is 0 Å². The zero-order valence-corrected chi connectivity index (χ0v) is 26.7. The first kappa shape index (κ1) is 36.4. The third-order valence-corrected chi connectivity index (χ3v) is 7.00. The van der Waals surface area contributed by atoms with E-state index in [9.17, 15) is 9.59 Å². The van der Waals surface area contributed by atoms with Crippen molar-refractivity contribution in [3.8, 4) is 0 Å². The maximum Gasteiger partial charge on any atom is 0.323 e. The minimum atomic E-state index is -1.38. The number of rotatable bonds is 18. The highest BCUT2D eigenvalue weighted by Crippen LogP contribution is 2.33. The average molecular weight is 541 g/mol. The first-order chi connectivity index (χ1) is 18.4. The molecule has 0 aliphatic heterocycles. The van der Waals surface area contributed by atoms with Gasteiger partial charge in [0.15, 0.2) is 5.41 Å². The number of hydrogen-bond acceptors (Lipinski definition) is 4. The van der Waals surface area contributed by atoms with E-state index in [1.54, 1.807) is 0 Å². The number of carbonyl (C=O) groups excluding carboxylic acids is 2. The van der Waals surface area contributed by atoms with E-state index in [2.05, 4.69) is 79.7 Å². The number of ether oxygens (including phenoxy) is 2. The zero-order chi connectivity index (χ0) is 29.8. The van der Waals surface area contributed by atoms with Gasteiger partial charge in [0.05, 0.1) is 14.2 Å². The molecule has 0 fully saturated rings. The SMILES string of the molecule is COC(=O)C(C/C=C(\C)CC/C=C(\C)CCC=C(C)C)(C/C=C(\C)CC/C=C(\C)CCC=C(C)C)C(=O)OC. The van der Waals surface area contributed by atoms with Crippen LogP contribution in [0.15, 0.2) is 69.9 Å². The summed E-state index contributed by atoms with van der Waals surface area (Å²) < 4.78 is 10.2. The van der Waals surface area contributed by atoms with Crippen molar-refractivity contribution >= 4 is 11.9 Å². The number of allylic oxidation sites excluding steroid dienone is 12. The van der Waals surface area contributed by atoms with E-state index in [4.69, 9.17) is 9.47 Å². The van der Waals surface area contributed by atoms with Crippen molar-refractivity contribution in [3.05, 3.63) is 69.9 Å². The minimum Gasteiger partial charge on any atom is -0.468 e. The molecule has 0 aromatic heterocycles. The number of carbonyl (C=O) groups is 2. The summed E-state index contributed by atoms with van der Waals surface area (Å²) in [5.41, 5.74) is 6.39. The van der Waals surface area contributed by atoms with Crippen LogP contribution < -0.4 is 0 Å². The molecule has 220 valence electrons. The Morgan fingerprint density at radius 3 is 1.05 bits per heavy atom. The Morgan fingerprint density at radius 1 is 0.487 bits per heavy atom. The molecule has 0 rings (SSSR count). The van der Waals surface area contributed by atoms with Gasteiger partial charge in [-0.05, 0) is 120 Å². The molecule has 0 aliphatic carbocycles. The molecule has 0 heterocycles. The van der Waals surface area contributed by atoms with Crippen molar-refractivity contribution in [2.45, 2.75) is 120 Å². The normalized spacial score (nSPS) is 13.2. The maximum atomic E-state index is 13.0. The Kier molecular flexibility index (Phi) is 18.9. The third kappa shape index (κ3) is 16.2. The molecule has 0 saturated carbocycles. The molecule has 0 aliphatic rings. The lowest BCUT2D eigenvalue weighted by molar-refractivity contribution is -0.168. The van der Waals surface area contributed by atoms with Crippen LogP contribution in [0.5, 0.6) is 0 Å². The Labute approximate surface area is 240 Å². The molecule has 4 nitrogen and oxygen atoms in total. The zero-order valence-electron chi connectivity index (χ0n) is 26.7. The first-order valence-corrected chi connectivity index (χ1v) is 14.4. The molecule has 39 heavy (non-hydrogen) atoms. The number of methoxy groups -OCH3 is 2. The van der Waals surface area contributed by atoms with Crippen molar-refractivity contribution in [1.82, 2.24) is 0 Å². The molecule has 0 spiro atoms. The van der Waals surface area contributed by atoms with Gasteiger partial charge >= 0.3 is 11.9 Å². The summed E-state index contributed by atoms with van der Waals surface area (Å²) >= 11 is 0. The number of esters is 2. The second-order valence-corrected chi connectivity index (χ2v) is 11.4. The second-order valence-electron chi connectivity index (χ2n) is 11.4. The fraction of sp³-hybridized carbons (Fsp3) is 0.600. The Morgan fingerprint density at radius 2 is 0.769 bits per heavy atom. The maximum absolute atomic E-state index is 13.0. The Hall–Kier alpha value is -2.62. The smallest absolute Gasteiger partial charge is 0.323 e. The van der Waals surface area contributed by atoms with Crippen LogP contribution in [-0.4, -0.2) is 26.2 Å². The van der Waals surface area contributed by atoms with E-state index in [0.29, 0.717) is 0 Å². The van der Waals surface area contributed by atoms with Crippen molar-refractivity contribution < 1.29 is 19.1 Å². The van der Waals surface area contributed by atoms with E-state index in [1.807, 2.05) is 12.2 Å². The lowest BCUT2D eigenvalue weighted by Gasteiger charge is -2.26. The van der Waals surface area contributed by atoms with Crippen LogP contribution >= 0.6 is 0 Å². The van der Waals surface area contributed by atoms with Crippen molar-refractivity contribution in [1.29, 1.82) is 0 Å². The fourth-order valence-corrected chi connectivity index (χ4v) is 4.27. The number of hydrogen-bond donors (Lipinski definition) is 0. The molecule has 0 unspecified atom stereocenters. The lowest BCUT2D eigenvalue weighted by atomic mass is 9.79. The van der Waals surface area contributed by atoms with Gasteiger partial charge in [0.1, 0.15) is 0 Å². The third-order valence-electron chi connectivity index (χ3n) is 7.00. The quantitative estimate of drug-likeness (QED) is 0.0986. The molecule has 0 N–H and O–H groups in total. The van der Waals surface area contributed by atoms with Gasteiger partial charge in [-0.3, -0.25) is 9.59 Å². The van der Waals surface area contributed by atoms with Gasteiger partial charge in [-0.2, -0.15) is 0 Å². The van der Waals surface area contributed by atoms with Crippen LogP contribution in [0.25, 0.3) is 0 Å². The highest BCUT2D eigenvalue weighted by molar-refractivity contribution is 6.00. The Balaban J connectivity index is 5.37. The summed E-state index contributed by atoms with van der Waals surface area (Å²) in [6.07, 6.45) is 21.5. The molecule has 0 amide bonds. The molecule has 0 aromatic rings. The van der Waals surface area contributed by atoms with Gasteiger partial charge in [-0.15, -0.1) is 0 Å². The lowest BCUT2D eigenvalue weighted by Crippen LogP contribution is -2.40. The summed E-state index contributed by atoms with van der Waals surface area (Å²) in [6.45, 7) is 17.0. The van der Waals surface area contributed by atoms with Crippen molar-refractivity contribution in [2.75, 3.05) is 14.2 Å². The minimum absolute atomic E-state index is 0.259. The van der Waals surface area contributed by atoms with Crippen molar-refractivity contribution in [3.63, 3.8) is 0 Å². The predicted octanol–water partition coefficient (Wildman–Crippen LogP) is 9.94. The molecule has 0 radical (unpaired) electrons. The van der Waals surface area contributed by atoms with Crippen LogP contribution in [0.1, 0.15) is 120 Å². The van der Waals surface area contributed by atoms with Crippen LogP contribution in [0.4, 0.5) is 0 Å². The van der Waals surface area contributed by atoms with E-state index in [1.165, 1.54) is 36.5 Å². The summed E-state index contributed by atoms with van der Waals surface area (Å²) in [7, 11) is 2.66. The molecule has 4 heteroatoms. The second kappa shape index (κ2) is 20.3. The van der Waals surface area contributed by atoms with Crippen LogP contribution in [-0.2, 0) is 19.1 Å². The monoisotopic (exact) mass is 540 g/mol. The fourth-order valence-electron chi connectivity index (χ4n) is 4.27. The molecular weight excluding hydrogens is 484 g/mol. The van der Waals surface area contributed by atoms with E-state index < -0.39 is 17.4 Å². The highest BCUT2D eigenvalue weighted by Gasteiger charge is 2.46. The summed E-state index contributed by atoms with van der Waals surface area (Å²) in [6, 6.07) is 0. The van der Waals surface area contributed by atoms with Gasteiger partial charge in [0, 0.05) is 0 Å². The van der Waals surface area contributed by atoms with Crippen LogP contribution in [0.3, 0.4) is 0 Å². The topological polar surface area (TPSA) is 52.6 Å². The molecule has 0 bridgehead atoms. The summed E-state index contributed by atoms with van der Waals surface area (Å²) in [5, 5.41) is 0. The summed E-state index contributed by atoms with van der Waals surface area (Å²) in [4.78, 5) is 25.9. The molecular formula is C35H56O4. The first-order valence-electron chi connectivity index (χ1n) is 14.4. The molecule has 0 atom stereocenters. The molecule has 0 aromatic carbocycles. The Bertz CT molecular complexity index is 867. The standard InChI is InChI=1S/C35H56O4/c1-27(2)15-11-17-29(5)19-13-21-31(7)23-25-35(33(36)38-9,34(37)39-10)26-24-32(8)22-14-20-30(6)18-12-16-28(3)4/h15-16,19-20,23-24H,11-14,17-18,21-22,25-26H2,1-10H3/b29-19+,30-20+,31-23+,32-24+. The van der Waals surface area contributed by atoms with Crippen LogP contribution in [0, 0.1) is 5.41 Å². The summed E-state index contributed by atoms with van der Waals surface area (Å²) in [5.74, 6) is -1.10. The largest absolute Gasteiger partial charge is 0.468 e.